The molecule has 3 heteroatoms. The summed E-state index contributed by atoms with van der Waals surface area (Å²) in [6, 6.07) is 8.00. The maximum Gasteiger partial charge on any atom is 0.230 e. The maximum atomic E-state index is 12.1. The average molecular weight is 234 g/mol. The molecule has 0 saturated heterocycles. The number of benzene rings is 1. The molecule has 0 unspecified atom stereocenters. The molecule has 1 amide bonds. The molecule has 0 atom stereocenters. The molecule has 3 nitrogen and oxygen atoms in total. The minimum Gasteiger partial charge on any atom is -0.355 e. The first kappa shape index (κ1) is 13.7. The highest BCUT2D eigenvalue weighted by atomic mass is 16.2. The molecule has 17 heavy (non-hydrogen) atoms. The molecule has 0 heterocycles. The molecular formula is C14H22N2O. The van der Waals surface area contributed by atoms with Crippen LogP contribution in [0.5, 0.6) is 0 Å². The summed E-state index contributed by atoms with van der Waals surface area (Å²) in [7, 11) is 0. The molecule has 0 spiro atoms. The van der Waals surface area contributed by atoms with Gasteiger partial charge in [0.25, 0.3) is 0 Å². The summed E-state index contributed by atoms with van der Waals surface area (Å²) >= 11 is 0. The zero-order valence-corrected chi connectivity index (χ0v) is 10.9. The molecular weight excluding hydrogens is 212 g/mol. The molecule has 3 N–H and O–H groups in total. The molecule has 0 bridgehead atoms. The number of amides is 1. The molecule has 1 rings (SSSR count). The summed E-state index contributed by atoms with van der Waals surface area (Å²) < 4.78 is 0. The van der Waals surface area contributed by atoms with Crippen LogP contribution in [0.2, 0.25) is 0 Å². The SMILES string of the molecule is Cc1ccccc1C(C)(C)C(=O)NCCCN. The second-order valence-electron chi connectivity index (χ2n) is 4.84. The lowest BCUT2D eigenvalue weighted by Gasteiger charge is -2.26. The third-order valence-electron chi connectivity index (χ3n) is 3.05. The Morgan fingerprint density at radius 3 is 2.59 bits per heavy atom. The van der Waals surface area contributed by atoms with Crippen molar-refractivity contribution in [2.24, 2.45) is 5.73 Å². The van der Waals surface area contributed by atoms with Gasteiger partial charge in [-0.2, -0.15) is 0 Å². The van der Waals surface area contributed by atoms with Gasteiger partial charge >= 0.3 is 0 Å². The van der Waals surface area contributed by atoms with Gasteiger partial charge in [-0.25, -0.2) is 0 Å². The fourth-order valence-corrected chi connectivity index (χ4v) is 1.92. The molecule has 0 fully saturated rings. The van der Waals surface area contributed by atoms with Crippen LogP contribution in [0.15, 0.2) is 24.3 Å². The lowest BCUT2D eigenvalue weighted by molar-refractivity contribution is -0.125. The molecule has 0 aliphatic heterocycles. The molecule has 0 aliphatic rings. The molecule has 0 saturated carbocycles. The third kappa shape index (κ3) is 3.30. The fourth-order valence-electron chi connectivity index (χ4n) is 1.92. The smallest absolute Gasteiger partial charge is 0.230 e. The summed E-state index contributed by atoms with van der Waals surface area (Å²) in [5, 5.41) is 2.93. The molecule has 0 aromatic heterocycles. The number of nitrogens with one attached hydrogen (secondary N) is 1. The van der Waals surface area contributed by atoms with Gasteiger partial charge in [0.2, 0.25) is 5.91 Å². The van der Waals surface area contributed by atoms with E-state index < -0.39 is 5.41 Å². The first-order valence-electron chi connectivity index (χ1n) is 6.04. The summed E-state index contributed by atoms with van der Waals surface area (Å²) in [6.45, 7) is 7.18. The van der Waals surface area contributed by atoms with Crippen molar-refractivity contribution in [1.82, 2.24) is 5.32 Å². The minimum atomic E-state index is -0.500. The number of hydrogen-bond acceptors (Lipinski definition) is 2. The third-order valence-corrected chi connectivity index (χ3v) is 3.05. The Kier molecular flexibility index (Phi) is 4.70. The van der Waals surface area contributed by atoms with Crippen LogP contribution in [0, 0.1) is 6.92 Å². The minimum absolute atomic E-state index is 0.0558. The lowest BCUT2D eigenvalue weighted by Crippen LogP contribution is -2.41. The molecule has 0 aliphatic carbocycles. The van der Waals surface area contributed by atoms with E-state index in [0.29, 0.717) is 13.1 Å². The van der Waals surface area contributed by atoms with Crippen LogP contribution in [0.3, 0.4) is 0 Å². The van der Waals surface area contributed by atoms with Crippen LogP contribution in [0.4, 0.5) is 0 Å². The van der Waals surface area contributed by atoms with Gasteiger partial charge in [-0.3, -0.25) is 4.79 Å². The zero-order valence-electron chi connectivity index (χ0n) is 10.9. The van der Waals surface area contributed by atoms with Crippen LogP contribution in [0.1, 0.15) is 31.4 Å². The largest absolute Gasteiger partial charge is 0.355 e. The fraction of sp³-hybridized carbons (Fsp3) is 0.500. The van der Waals surface area contributed by atoms with E-state index in [0.717, 1.165) is 17.5 Å². The van der Waals surface area contributed by atoms with Gasteiger partial charge in [0.15, 0.2) is 0 Å². The number of carbonyl (C=O) groups is 1. The van der Waals surface area contributed by atoms with E-state index in [-0.39, 0.29) is 5.91 Å². The van der Waals surface area contributed by atoms with Crippen LogP contribution < -0.4 is 11.1 Å². The summed E-state index contributed by atoms with van der Waals surface area (Å²) in [5.41, 5.74) is 7.13. The van der Waals surface area contributed by atoms with Crippen molar-refractivity contribution < 1.29 is 4.79 Å². The van der Waals surface area contributed by atoms with Crippen molar-refractivity contribution in [2.75, 3.05) is 13.1 Å². The van der Waals surface area contributed by atoms with E-state index in [9.17, 15) is 4.79 Å². The van der Waals surface area contributed by atoms with Gasteiger partial charge in [0.05, 0.1) is 5.41 Å². The predicted octanol–water partition coefficient (Wildman–Crippen LogP) is 1.74. The molecule has 0 radical (unpaired) electrons. The first-order chi connectivity index (χ1) is 8.00. The summed E-state index contributed by atoms with van der Waals surface area (Å²) in [4.78, 5) is 12.1. The van der Waals surface area contributed by atoms with Crippen molar-refractivity contribution in [3.63, 3.8) is 0 Å². The van der Waals surface area contributed by atoms with E-state index in [4.69, 9.17) is 5.73 Å². The first-order valence-corrected chi connectivity index (χ1v) is 6.04. The zero-order chi connectivity index (χ0) is 12.9. The molecule has 94 valence electrons. The normalized spacial score (nSPS) is 11.3. The topological polar surface area (TPSA) is 55.1 Å². The highest BCUT2D eigenvalue weighted by molar-refractivity contribution is 5.87. The van der Waals surface area contributed by atoms with Crippen LogP contribution in [0.25, 0.3) is 0 Å². The summed E-state index contributed by atoms with van der Waals surface area (Å²) in [5.74, 6) is 0.0558. The number of aryl methyl sites for hydroxylation is 1. The second-order valence-corrected chi connectivity index (χ2v) is 4.84. The maximum absolute atomic E-state index is 12.1. The monoisotopic (exact) mass is 234 g/mol. The van der Waals surface area contributed by atoms with E-state index >= 15 is 0 Å². The molecule has 1 aromatic rings. The quantitative estimate of drug-likeness (QED) is 0.762. The Hall–Kier alpha value is -1.35. The Morgan fingerprint density at radius 1 is 1.35 bits per heavy atom. The van der Waals surface area contributed by atoms with Crippen molar-refractivity contribution in [2.45, 2.75) is 32.6 Å². The average Bonchev–Trinajstić information content (AvgIpc) is 2.29. The number of rotatable bonds is 5. The highest BCUT2D eigenvalue weighted by Gasteiger charge is 2.30. The van der Waals surface area contributed by atoms with E-state index in [1.54, 1.807) is 0 Å². The van der Waals surface area contributed by atoms with Crippen molar-refractivity contribution >= 4 is 5.91 Å². The van der Waals surface area contributed by atoms with Gasteiger partial charge in [-0.05, 0) is 44.9 Å². The lowest BCUT2D eigenvalue weighted by atomic mass is 9.81. The van der Waals surface area contributed by atoms with Gasteiger partial charge in [0, 0.05) is 6.54 Å². The van der Waals surface area contributed by atoms with Gasteiger partial charge in [-0.1, -0.05) is 24.3 Å². The Bertz CT molecular complexity index is 386. The van der Waals surface area contributed by atoms with Crippen LogP contribution >= 0.6 is 0 Å². The Balaban J connectivity index is 2.80. The van der Waals surface area contributed by atoms with E-state index in [1.807, 2.05) is 45.0 Å². The van der Waals surface area contributed by atoms with Crippen LogP contribution in [-0.2, 0) is 10.2 Å². The van der Waals surface area contributed by atoms with Gasteiger partial charge < -0.3 is 11.1 Å². The Labute approximate surface area is 103 Å². The highest BCUT2D eigenvalue weighted by Crippen LogP contribution is 2.26. The second kappa shape index (κ2) is 5.82. The number of hydrogen-bond donors (Lipinski definition) is 2. The standard InChI is InChI=1S/C14H22N2O/c1-11-7-4-5-8-12(11)14(2,3)13(17)16-10-6-9-15/h4-5,7-8H,6,9-10,15H2,1-3H3,(H,16,17). The van der Waals surface area contributed by atoms with Gasteiger partial charge in [0.1, 0.15) is 0 Å². The summed E-state index contributed by atoms with van der Waals surface area (Å²) in [6.07, 6.45) is 0.815. The predicted molar refractivity (Wildman–Crippen MR) is 70.9 cm³/mol. The Morgan fingerprint density at radius 2 is 2.00 bits per heavy atom. The van der Waals surface area contributed by atoms with E-state index in [1.165, 1.54) is 0 Å². The van der Waals surface area contributed by atoms with E-state index in [2.05, 4.69) is 5.32 Å². The molecule has 1 aromatic carbocycles. The van der Waals surface area contributed by atoms with Crippen molar-refractivity contribution in [3.8, 4) is 0 Å². The number of carbonyl (C=O) groups excluding carboxylic acids is 1. The van der Waals surface area contributed by atoms with Crippen molar-refractivity contribution in [3.05, 3.63) is 35.4 Å². The van der Waals surface area contributed by atoms with Crippen molar-refractivity contribution in [1.29, 1.82) is 0 Å². The van der Waals surface area contributed by atoms with Crippen LogP contribution in [-0.4, -0.2) is 19.0 Å². The van der Waals surface area contributed by atoms with Gasteiger partial charge in [-0.15, -0.1) is 0 Å². The number of nitrogens with two attached hydrogens (primary N) is 1.